The molecule has 6 heteroatoms. The molecular weight excluding hydrogens is 298 g/mol. The fourth-order valence-electron chi connectivity index (χ4n) is 1.74. The first-order valence-corrected chi connectivity index (χ1v) is 7.70. The van der Waals surface area contributed by atoms with Crippen LogP contribution in [0.15, 0.2) is 35.7 Å². The minimum absolute atomic E-state index is 0.160. The molecule has 0 aliphatic rings. The van der Waals surface area contributed by atoms with E-state index < -0.39 is 5.54 Å². The van der Waals surface area contributed by atoms with Crippen LogP contribution in [0.25, 0.3) is 0 Å². The van der Waals surface area contributed by atoms with Crippen molar-refractivity contribution in [3.63, 3.8) is 0 Å². The van der Waals surface area contributed by atoms with E-state index in [0.29, 0.717) is 12.3 Å². The largest absolute Gasteiger partial charge is 0.486 e. The van der Waals surface area contributed by atoms with E-state index in [4.69, 9.17) is 10.00 Å². The number of para-hydroxylation sites is 1. The van der Waals surface area contributed by atoms with Gasteiger partial charge in [0.1, 0.15) is 22.9 Å². The average molecular weight is 315 g/mol. The van der Waals surface area contributed by atoms with Gasteiger partial charge in [0.15, 0.2) is 0 Å². The number of carbonyl (C=O) groups is 1. The van der Waals surface area contributed by atoms with Crippen molar-refractivity contribution < 1.29 is 9.53 Å². The molecule has 0 bridgehead atoms. The molecule has 0 aliphatic carbocycles. The zero-order valence-electron chi connectivity index (χ0n) is 12.5. The molecule has 22 heavy (non-hydrogen) atoms. The first kappa shape index (κ1) is 16.0. The van der Waals surface area contributed by atoms with Crippen LogP contribution in [0.3, 0.4) is 0 Å². The van der Waals surface area contributed by atoms with Gasteiger partial charge >= 0.3 is 0 Å². The van der Waals surface area contributed by atoms with Gasteiger partial charge in [0.25, 0.3) is 0 Å². The maximum Gasteiger partial charge on any atom is 0.227 e. The van der Waals surface area contributed by atoms with Crippen molar-refractivity contribution in [2.45, 2.75) is 32.4 Å². The van der Waals surface area contributed by atoms with Crippen LogP contribution in [0, 0.1) is 11.3 Å². The van der Waals surface area contributed by atoms with Gasteiger partial charge in [-0.05, 0) is 26.0 Å². The van der Waals surface area contributed by atoms with E-state index in [2.05, 4.69) is 10.3 Å². The van der Waals surface area contributed by atoms with E-state index >= 15 is 0 Å². The van der Waals surface area contributed by atoms with E-state index in [9.17, 15) is 4.79 Å². The van der Waals surface area contributed by atoms with Crippen LogP contribution in [0.5, 0.6) is 5.75 Å². The van der Waals surface area contributed by atoms with Gasteiger partial charge in [-0.15, -0.1) is 11.3 Å². The number of ether oxygens (including phenoxy) is 1. The predicted octanol–water partition coefficient (Wildman–Crippen LogP) is 2.68. The van der Waals surface area contributed by atoms with Crippen LogP contribution < -0.4 is 10.1 Å². The molecule has 1 N–H and O–H groups in total. The monoisotopic (exact) mass is 315 g/mol. The normalized spacial score (nSPS) is 10.8. The highest BCUT2D eigenvalue weighted by atomic mass is 32.1. The lowest BCUT2D eigenvalue weighted by Crippen LogP contribution is -2.42. The van der Waals surface area contributed by atoms with E-state index in [-0.39, 0.29) is 12.3 Å². The fraction of sp³-hybridized carbons (Fsp3) is 0.312. The molecule has 0 fully saturated rings. The second kappa shape index (κ2) is 7.05. The van der Waals surface area contributed by atoms with Gasteiger partial charge in [0.2, 0.25) is 5.91 Å². The first-order valence-electron chi connectivity index (χ1n) is 6.82. The molecule has 0 aliphatic heterocycles. The lowest BCUT2D eigenvalue weighted by molar-refractivity contribution is -0.121. The number of nitriles is 1. The average Bonchev–Trinajstić information content (AvgIpc) is 2.93. The highest BCUT2D eigenvalue weighted by Crippen LogP contribution is 2.15. The number of rotatable bonds is 6. The van der Waals surface area contributed by atoms with E-state index in [0.717, 1.165) is 10.8 Å². The number of benzene rings is 1. The van der Waals surface area contributed by atoms with Crippen molar-refractivity contribution in [3.8, 4) is 11.8 Å². The van der Waals surface area contributed by atoms with Crippen molar-refractivity contribution in [1.82, 2.24) is 10.3 Å². The van der Waals surface area contributed by atoms with Crippen LogP contribution in [-0.2, 0) is 17.8 Å². The SMILES string of the molecule is CC(C)(C#N)NC(=O)Cc1csc(COc2ccccc2)n1. The number of amides is 1. The van der Waals surface area contributed by atoms with Gasteiger partial charge in [-0.3, -0.25) is 4.79 Å². The van der Waals surface area contributed by atoms with Gasteiger partial charge in [-0.25, -0.2) is 4.98 Å². The Morgan fingerprint density at radius 3 is 2.82 bits per heavy atom. The van der Waals surface area contributed by atoms with Crippen molar-refractivity contribution in [3.05, 3.63) is 46.4 Å². The Hall–Kier alpha value is -2.39. The lowest BCUT2D eigenvalue weighted by atomic mass is 10.1. The number of nitrogens with zero attached hydrogens (tertiary/aromatic N) is 2. The highest BCUT2D eigenvalue weighted by Gasteiger charge is 2.19. The molecule has 0 saturated carbocycles. The Kier molecular flexibility index (Phi) is 5.12. The molecule has 2 rings (SSSR count). The summed E-state index contributed by atoms with van der Waals surface area (Å²) in [6.45, 7) is 3.69. The maximum absolute atomic E-state index is 11.8. The summed E-state index contributed by atoms with van der Waals surface area (Å²) in [6.07, 6.45) is 0.160. The molecule has 1 aromatic carbocycles. The number of hydrogen-bond donors (Lipinski definition) is 1. The molecule has 0 unspecified atom stereocenters. The Balaban J connectivity index is 1.86. The summed E-state index contributed by atoms with van der Waals surface area (Å²) >= 11 is 1.45. The third-order valence-electron chi connectivity index (χ3n) is 2.78. The number of nitrogens with one attached hydrogen (secondary N) is 1. The van der Waals surface area contributed by atoms with Gasteiger partial charge in [-0.1, -0.05) is 18.2 Å². The summed E-state index contributed by atoms with van der Waals surface area (Å²) in [5.74, 6) is 0.570. The van der Waals surface area contributed by atoms with Crippen LogP contribution in [-0.4, -0.2) is 16.4 Å². The van der Waals surface area contributed by atoms with Gasteiger partial charge in [0.05, 0.1) is 18.2 Å². The molecule has 114 valence electrons. The summed E-state index contributed by atoms with van der Waals surface area (Å²) in [6, 6.07) is 11.5. The number of carbonyl (C=O) groups excluding carboxylic acids is 1. The maximum atomic E-state index is 11.8. The van der Waals surface area contributed by atoms with Gasteiger partial charge in [0, 0.05) is 5.38 Å². The smallest absolute Gasteiger partial charge is 0.227 e. The third-order valence-corrected chi connectivity index (χ3v) is 3.65. The Labute approximate surface area is 133 Å². The molecule has 1 heterocycles. The van der Waals surface area contributed by atoms with Crippen molar-refractivity contribution >= 4 is 17.2 Å². The predicted molar refractivity (Wildman–Crippen MR) is 84.4 cm³/mol. The minimum Gasteiger partial charge on any atom is -0.486 e. The summed E-state index contributed by atoms with van der Waals surface area (Å²) in [5, 5.41) is 14.2. The highest BCUT2D eigenvalue weighted by molar-refractivity contribution is 7.09. The standard InChI is InChI=1S/C16H17N3O2S/c1-16(2,11-17)19-14(20)8-12-10-22-15(18-12)9-21-13-6-4-3-5-7-13/h3-7,10H,8-9H2,1-2H3,(H,19,20). The topological polar surface area (TPSA) is 75.0 Å². The van der Waals surface area contributed by atoms with Crippen LogP contribution in [0.2, 0.25) is 0 Å². The van der Waals surface area contributed by atoms with Crippen molar-refractivity contribution in [2.24, 2.45) is 0 Å². The molecule has 5 nitrogen and oxygen atoms in total. The number of aromatic nitrogens is 1. The second-order valence-electron chi connectivity index (χ2n) is 5.30. The molecule has 0 spiro atoms. The minimum atomic E-state index is -0.869. The van der Waals surface area contributed by atoms with E-state index in [1.807, 2.05) is 41.8 Å². The van der Waals surface area contributed by atoms with Crippen LogP contribution >= 0.6 is 11.3 Å². The van der Waals surface area contributed by atoms with Crippen molar-refractivity contribution in [2.75, 3.05) is 0 Å². The summed E-state index contributed by atoms with van der Waals surface area (Å²) in [4.78, 5) is 16.2. The van der Waals surface area contributed by atoms with Gasteiger partial charge < -0.3 is 10.1 Å². The van der Waals surface area contributed by atoms with Crippen LogP contribution in [0.4, 0.5) is 0 Å². The Morgan fingerprint density at radius 1 is 1.41 bits per heavy atom. The quantitative estimate of drug-likeness (QED) is 0.889. The number of thiazole rings is 1. The third kappa shape index (κ3) is 4.86. The summed E-state index contributed by atoms with van der Waals surface area (Å²) in [7, 11) is 0. The van der Waals surface area contributed by atoms with Crippen molar-refractivity contribution in [1.29, 1.82) is 5.26 Å². The summed E-state index contributed by atoms with van der Waals surface area (Å²) < 4.78 is 5.61. The van der Waals surface area contributed by atoms with Gasteiger partial charge in [-0.2, -0.15) is 5.26 Å². The zero-order chi connectivity index (χ0) is 16.0. The fourth-order valence-corrected chi connectivity index (χ4v) is 2.45. The summed E-state index contributed by atoms with van der Waals surface area (Å²) in [5.41, 5.74) is -0.185. The Bertz CT molecular complexity index is 674. The molecule has 1 amide bonds. The Morgan fingerprint density at radius 2 is 2.14 bits per heavy atom. The zero-order valence-corrected chi connectivity index (χ0v) is 13.3. The van der Waals surface area contributed by atoms with E-state index in [1.54, 1.807) is 13.8 Å². The van der Waals surface area contributed by atoms with E-state index in [1.165, 1.54) is 11.3 Å². The number of hydrogen-bond acceptors (Lipinski definition) is 5. The second-order valence-corrected chi connectivity index (χ2v) is 6.24. The molecule has 2 aromatic rings. The molecular formula is C16H17N3O2S. The molecule has 0 radical (unpaired) electrons. The lowest BCUT2D eigenvalue weighted by Gasteiger charge is -2.16. The first-order chi connectivity index (χ1) is 10.5. The van der Waals surface area contributed by atoms with Crippen LogP contribution in [0.1, 0.15) is 24.5 Å². The molecule has 0 saturated heterocycles. The molecule has 1 aromatic heterocycles. The molecule has 0 atom stereocenters.